The van der Waals surface area contributed by atoms with E-state index in [2.05, 4.69) is 28.8 Å². The van der Waals surface area contributed by atoms with Crippen molar-refractivity contribution in [3.8, 4) is 0 Å². The van der Waals surface area contributed by atoms with Crippen LogP contribution < -0.4 is 5.73 Å². The second-order valence-electron chi connectivity index (χ2n) is 3.32. The van der Waals surface area contributed by atoms with E-state index >= 15 is 0 Å². The summed E-state index contributed by atoms with van der Waals surface area (Å²) in [6.45, 7) is 6.69. The number of nitrogens with two attached hydrogens (primary N) is 1. The topological polar surface area (TPSA) is 73.9 Å². The number of hydrogen-bond acceptors (Lipinski definition) is 5. The average molecular weight is 196 g/mol. The first-order chi connectivity index (χ1) is 6.65. The quantitative estimate of drug-likeness (QED) is 0.782. The summed E-state index contributed by atoms with van der Waals surface area (Å²) in [6.07, 6.45) is 1.30. The molecule has 5 nitrogen and oxygen atoms in total. The fraction of sp³-hybridized carbons (Fsp3) is 0.667. The van der Waals surface area contributed by atoms with Crippen molar-refractivity contribution in [1.29, 1.82) is 0 Å². The minimum absolute atomic E-state index is 0.106. The first kappa shape index (κ1) is 10.8. The Labute approximate surface area is 83.7 Å². The van der Waals surface area contributed by atoms with Gasteiger partial charge in [-0.25, -0.2) is 9.97 Å². The zero-order valence-electron chi connectivity index (χ0n) is 8.77. The highest BCUT2D eigenvalue weighted by atomic mass is 16.5. The summed E-state index contributed by atoms with van der Waals surface area (Å²) in [5, 5.41) is 0. The Kier molecular flexibility index (Phi) is 3.76. The Morgan fingerprint density at radius 1 is 1.43 bits per heavy atom. The summed E-state index contributed by atoms with van der Waals surface area (Å²) in [5.74, 6) is 1.16. The Morgan fingerprint density at radius 3 is 2.64 bits per heavy atom. The van der Waals surface area contributed by atoms with Gasteiger partial charge < -0.3 is 10.5 Å². The van der Waals surface area contributed by atoms with Gasteiger partial charge >= 0.3 is 0 Å². The zero-order valence-corrected chi connectivity index (χ0v) is 8.77. The van der Waals surface area contributed by atoms with E-state index in [1.807, 2.05) is 6.92 Å². The molecule has 0 aliphatic carbocycles. The predicted molar refractivity (Wildman–Crippen MR) is 53.4 cm³/mol. The molecule has 0 bridgehead atoms. The third-order valence-corrected chi connectivity index (χ3v) is 1.82. The molecule has 0 radical (unpaired) electrons. The summed E-state index contributed by atoms with van der Waals surface area (Å²) < 4.78 is 5.54. The molecule has 1 rings (SSSR count). The number of rotatable bonds is 4. The fourth-order valence-electron chi connectivity index (χ4n) is 1.20. The number of nitrogen functional groups attached to an aromatic ring is 1. The molecule has 0 aliphatic rings. The van der Waals surface area contributed by atoms with Gasteiger partial charge in [0.25, 0.3) is 0 Å². The molecule has 14 heavy (non-hydrogen) atoms. The summed E-state index contributed by atoms with van der Waals surface area (Å²) in [6, 6.07) is 0. The molecule has 1 unspecified atom stereocenters. The Morgan fingerprint density at radius 2 is 2.14 bits per heavy atom. The normalized spacial score (nSPS) is 13.1. The number of anilines is 1. The van der Waals surface area contributed by atoms with E-state index in [1.54, 1.807) is 0 Å². The lowest BCUT2D eigenvalue weighted by atomic mass is 10.1. The van der Waals surface area contributed by atoms with Crippen LogP contribution in [0.2, 0.25) is 0 Å². The van der Waals surface area contributed by atoms with Crippen LogP contribution in [0.25, 0.3) is 0 Å². The van der Waals surface area contributed by atoms with Gasteiger partial charge in [0.05, 0.1) is 0 Å². The van der Waals surface area contributed by atoms with Gasteiger partial charge in [-0.1, -0.05) is 13.8 Å². The second kappa shape index (κ2) is 4.85. The molecule has 0 amide bonds. The van der Waals surface area contributed by atoms with Crippen molar-refractivity contribution in [2.75, 3.05) is 12.3 Å². The molecule has 1 atom stereocenters. The molecular weight excluding hydrogens is 180 g/mol. The number of aromatic nitrogens is 3. The molecule has 0 aromatic carbocycles. The van der Waals surface area contributed by atoms with Gasteiger partial charge in [-0.3, -0.25) is 0 Å². The SMILES string of the molecule is CCOC(c1ncnc(N)n1)C(C)C. The van der Waals surface area contributed by atoms with Crippen molar-refractivity contribution < 1.29 is 4.74 Å². The van der Waals surface area contributed by atoms with E-state index in [0.29, 0.717) is 18.3 Å². The molecule has 1 heterocycles. The van der Waals surface area contributed by atoms with Crippen LogP contribution in [0, 0.1) is 5.92 Å². The van der Waals surface area contributed by atoms with E-state index < -0.39 is 0 Å². The summed E-state index contributed by atoms with van der Waals surface area (Å²) in [4.78, 5) is 11.8. The van der Waals surface area contributed by atoms with Crippen molar-refractivity contribution in [3.63, 3.8) is 0 Å². The van der Waals surface area contributed by atoms with Crippen LogP contribution in [0.1, 0.15) is 32.7 Å². The van der Waals surface area contributed by atoms with Crippen LogP contribution >= 0.6 is 0 Å². The molecule has 0 saturated heterocycles. The largest absolute Gasteiger partial charge is 0.370 e. The lowest BCUT2D eigenvalue weighted by Crippen LogP contribution is -2.15. The molecule has 0 saturated carbocycles. The standard InChI is InChI=1S/C9H16N4O/c1-4-14-7(6(2)3)8-11-5-12-9(10)13-8/h5-7H,4H2,1-3H3,(H2,10,11,12,13). The third-order valence-electron chi connectivity index (χ3n) is 1.82. The zero-order chi connectivity index (χ0) is 10.6. The average Bonchev–Trinajstić information content (AvgIpc) is 2.13. The van der Waals surface area contributed by atoms with Gasteiger partial charge in [0.2, 0.25) is 5.95 Å². The highest BCUT2D eigenvalue weighted by Crippen LogP contribution is 2.22. The van der Waals surface area contributed by atoms with Crippen molar-refractivity contribution >= 4 is 5.95 Å². The molecule has 1 aromatic heterocycles. The highest BCUT2D eigenvalue weighted by Gasteiger charge is 2.18. The maximum absolute atomic E-state index is 5.54. The van der Waals surface area contributed by atoms with Crippen LogP contribution in [0.4, 0.5) is 5.95 Å². The molecule has 0 aliphatic heterocycles. The van der Waals surface area contributed by atoms with Gasteiger partial charge in [0, 0.05) is 6.61 Å². The van der Waals surface area contributed by atoms with Gasteiger partial charge in [-0.15, -0.1) is 0 Å². The first-order valence-electron chi connectivity index (χ1n) is 4.71. The van der Waals surface area contributed by atoms with Crippen molar-refractivity contribution in [2.24, 2.45) is 5.92 Å². The number of ether oxygens (including phenoxy) is 1. The van der Waals surface area contributed by atoms with Crippen LogP contribution in [-0.2, 0) is 4.74 Å². The molecular formula is C9H16N4O. The number of hydrogen-bond donors (Lipinski definition) is 1. The summed E-state index contributed by atoms with van der Waals surface area (Å²) >= 11 is 0. The van der Waals surface area contributed by atoms with E-state index in [0.717, 1.165) is 0 Å². The maximum atomic E-state index is 5.54. The molecule has 0 spiro atoms. The van der Waals surface area contributed by atoms with Crippen LogP contribution in [-0.4, -0.2) is 21.6 Å². The molecule has 1 aromatic rings. The van der Waals surface area contributed by atoms with Crippen LogP contribution in [0.15, 0.2) is 6.33 Å². The maximum Gasteiger partial charge on any atom is 0.223 e. The van der Waals surface area contributed by atoms with Crippen LogP contribution in [0.5, 0.6) is 0 Å². The monoisotopic (exact) mass is 196 g/mol. The van der Waals surface area contributed by atoms with Crippen molar-refractivity contribution in [1.82, 2.24) is 15.0 Å². The molecule has 0 fully saturated rings. The second-order valence-corrected chi connectivity index (χ2v) is 3.32. The summed E-state index contributed by atoms with van der Waals surface area (Å²) in [5.41, 5.74) is 5.47. The lowest BCUT2D eigenvalue weighted by Gasteiger charge is -2.18. The predicted octanol–water partition coefficient (Wildman–Crippen LogP) is 1.19. The van der Waals surface area contributed by atoms with Gasteiger partial charge in [0.15, 0.2) is 5.82 Å². The van der Waals surface area contributed by atoms with E-state index in [1.165, 1.54) is 6.33 Å². The Hall–Kier alpha value is -1.23. The molecule has 2 N–H and O–H groups in total. The van der Waals surface area contributed by atoms with E-state index in [4.69, 9.17) is 10.5 Å². The van der Waals surface area contributed by atoms with Gasteiger partial charge in [0.1, 0.15) is 12.4 Å². The number of nitrogens with zero attached hydrogens (tertiary/aromatic N) is 3. The third kappa shape index (κ3) is 2.63. The Bertz CT molecular complexity index is 290. The Balaban J connectivity index is 2.87. The van der Waals surface area contributed by atoms with Gasteiger partial charge in [-0.2, -0.15) is 4.98 Å². The minimum Gasteiger partial charge on any atom is -0.370 e. The fourth-order valence-corrected chi connectivity index (χ4v) is 1.20. The van der Waals surface area contributed by atoms with E-state index in [-0.39, 0.29) is 12.1 Å². The van der Waals surface area contributed by atoms with Crippen molar-refractivity contribution in [3.05, 3.63) is 12.2 Å². The molecule has 78 valence electrons. The van der Waals surface area contributed by atoms with Gasteiger partial charge in [-0.05, 0) is 12.8 Å². The minimum atomic E-state index is -0.106. The smallest absolute Gasteiger partial charge is 0.223 e. The first-order valence-corrected chi connectivity index (χ1v) is 4.71. The molecule has 5 heteroatoms. The van der Waals surface area contributed by atoms with Crippen molar-refractivity contribution in [2.45, 2.75) is 26.9 Å². The summed E-state index contributed by atoms with van der Waals surface area (Å²) in [7, 11) is 0. The lowest BCUT2D eigenvalue weighted by molar-refractivity contribution is 0.0231. The van der Waals surface area contributed by atoms with Crippen LogP contribution in [0.3, 0.4) is 0 Å². The van der Waals surface area contributed by atoms with E-state index in [9.17, 15) is 0 Å². The highest BCUT2D eigenvalue weighted by molar-refractivity contribution is 5.13.